The van der Waals surface area contributed by atoms with Crippen molar-refractivity contribution < 1.29 is 14.2 Å². The van der Waals surface area contributed by atoms with E-state index in [2.05, 4.69) is 17.4 Å². The van der Waals surface area contributed by atoms with Gasteiger partial charge in [-0.1, -0.05) is 18.6 Å². The zero-order valence-corrected chi connectivity index (χ0v) is 13.2. The molecule has 0 unspecified atom stereocenters. The second kappa shape index (κ2) is 5.74. The Morgan fingerprint density at radius 3 is 2.91 bits per heavy atom. The van der Waals surface area contributed by atoms with Crippen molar-refractivity contribution >= 4 is 5.69 Å². The van der Waals surface area contributed by atoms with E-state index in [0.717, 1.165) is 18.0 Å². The summed E-state index contributed by atoms with van der Waals surface area (Å²) in [6, 6.07) is 8.79. The van der Waals surface area contributed by atoms with Gasteiger partial charge < -0.3 is 19.5 Å². The van der Waals surface area contributed by atoms with E-state index in [-0.39, 0.29) is 0 Å². The van der Waals surface area contributed by atoms with Crippen molar-refractivity contribution in [3.05, 3.63) is 24.3 Å². The highest BCUT2D eigenvalue weighted by Crippen LogP contribution is 2.63. The molecule has 0 radical (unpaired) electrons. The van der Waals surface area contributed by atoms with Gasteiger partial charge in [-0.2, -0.15) is 0 Å². The maximum atomic E-state index is 6.00. The summed E-state index contributed by atoms with van der Waals surface area (Å²) in [5.74, 6) is 1.60. The molecule has 1 aliphatic heterocycles. The number of fused-ring (bicyclic) bond motifs is 2. The first-order valence-corrected chi connectivity index (χ1v) is 8.44. The summed E-state index contributed by atoms with van der Waals surface area (Å²) in [7, 11) is 1.70. The fourth-order valence-electron chi connectivity index (χ4n) is 4.57. The Hall–Kier alpha value is -1.26. The SMILES string of the molecule is COCCOc1ccccc1N[C@@H]1[C@@H]2CCO[C@H]2C12CCC2. The summed E-state index contributed by atoms with van der Waals surface area (Å²) in [4.78, 5) is 0. The van der Waals surface area contributed by atoms with E-state index in [4.69, 9.17) is 14.2 Å². The predicted molar refractivity (Wildman–Crippen MR) is 85.4 cm³/mol. The molecule has 3 aliphatic rings. The second-order valence-corrected chi connectivity index (χ2v) is 6.79. The summed E-state index contributed by atoms with van der Waals surface area (Å²) in [5, 5.41) is 3.79. The number of benzene rings is 1. The summed E-state index contributed by atoms with van der Waals surface area (Å²) in [5.41, 5.74) is 1.50. The van der Waals surface area contributed by atoms with Crippen LogP contribution in [0.25, 0.3) is 0 Å². The maximum absolute atomic E-state index is 6.00. The highest BCUT2D eigenvalue weighted by Gasteiger charge is 2.66. The number of rotatable bonds is 6. The molecule has 4 heteroatoms. The summed E-state index contributed by atoms with van der Waals surface area (Å²) >= 11 is 0. The lowest BCUT2D eigenvalue weighted by atomic mass is 9.46. The van der Waals surface area contributed by atoms with Crippen LogP contribution in [0.3, 0.4) is 0 Å². The van der Waals surface area contributed by atoms with Crippen molar-refractivity contribution in [3.63, 3.8) is 0 Å². The first kappa shape index (κ1) is 14.3. The van der Waals surface area contributed by atoms with Gasteiger partial charge in [0.2, 0.25) is 0 Å². The van der Waals surface area contributed by atoms with E-state index >= 15 is 0 Å². The van der Waals surface area contributed by atoms with Crippen molar-refractivity contribution in [2.75, 3.05) is 32.2 Å². The minimum absolute atomic E-state index is 0.390. The number of hydrogen-bond donors (Lipinski definition) is 1. The molecule has 1 heterocycles. The van der Waals surface area contributed by atoms with Gasteiger partial charge in [0.1, 0.15) is 12.4 Å². The highest BCUT2D eigenvalue weighted by atomic mass is 16.5. The van der Waals surface area contributed by atoms with Crippen LogP contribution in [0.4, 0.5) is 5.69 Å². The van der Waals surface area contributed by atoms with Gasteiger partial charge in [0.05, 0.1) is 18.4 Å². The number of anilines is 1. The standard InChI is InChI=1S/C18H25NO3/c1-20-11-12-21-15-6-3-2-5-14(15)19-16-13-7-10-22-17(13)18(16)8-4-9-18/h2-3,5-6,13,16-17,19H,4,7-12H2,1H3/t13-,16+,17+/m0/s1. The van der Waals surface area contributed by atoms with Gasteiger partial charge in [0.15, 0.2) is 0 Å². The van der Waals surface area contributed by atoms with Crippen LogP contribution in [0.2, 0.25) is 0 Å². The monoisotopic (exact) mass is 303 g/mol. The summed E-state index contributed by atoms with van der Waals surface area (Å²) in [6.07, 6.45) is 5.64. The number of ether oxygens (including phenoxy) is 3. The minimum Gasteiger partial charge on any atom is -0.489 e. The zero-order valence-electron chi connectivity index (χ0n) is 13.2. The van der Waals surface area contributed by atoms with E-state index in [1.807, 2.05) is 12.1 Å². The van der Waals surface area contributed by atoms with Crippen molar-refractivity contribution in [3.8, 4) is 5.75 Å². The minimum atomic E-state index is 0.390. The lowest BCUT2D eigenvalue weighted by Crippen LogP contribution is -2.68. The third-order valence-corrected chi connectivity index (χ3v) is 5.78. The van der Waals surface area contributed by atoms with Crippen molar-refractivity contribution in [2.45, 2.75) is 37.8 Å². The van der Waals surface area contributed by atoms with Crippen LogP contribution in [-0.2, 0) is 9.47 Å². The Balaban J connectivity index is 1.49. The Morgan fingerprint density at radius 1 is 1.27 bits per heavy atom. The molecule has 2 aliphatic carbocycles. The molecular formula is C18H25NO3. The molecule has 4 nitrogen and oxygen atoms in total. The molecule has 1 aromatic carbocycles. The average Bonchev–Trinajstić information content (AvgIpc) is 2.90. The molecule has 0 aromatic heterocycles. The summed E-state index contributed by atoms with van der Waals surface area (Å²) in [6.45, 7) is 2.13. The Bertz CT molecular complexity index is 529. The molecule has 22 heavy (non-hydrogen) atoms. The molecule has 1 saturated heterocycles. The molecule has 2 saturated carbocycles. The average molecular weight is 303 g/mol. The van der Waals surface area contributed by atoms with Crippen LogP contribution in [-0.4, -0.2) is 39.1 Å². The Kier molecular flexibility index (Phi) is 3.74. The largest absolute Gasteiger partial charge is 0.489 e. The van der Waals surface area contributed by atoms with Crippen LogP contribution in [0, 0.1) is 11.3 Å². The van der Waals surface area contributed by atoms with E-state index in [1.54, 1.807) is 7.11 Å². The second-order valence-electron chi connectivity index (χ2n) is 6.79. The number of nitrogens with one attached hydrogen (secondary N) is 1. The normalized spacial score (nSPS) is 31.2. The first-order valence-electron chi connectivity index (χ1n) is 8.44. The molecule has 4 rings (SSSR count). The predicted octanol–water partition coefficient (Wildman–Crippen LogP) is 3.08. The van der Waals surface area contributed by atoms with Crippen molar-refractivity contribution in [1.82, 2.24) is 0 Å². The number of methoxy groups -OCH3 is 1. The van der Waals surface area contributed by atoms with E-state index in [9.17, 15) is 0 Å². The zero-order chi connectivity index (χ0) is 15.0. The number of hydrogen-bond acceptors (Lipinski definition) is 4. The molecule has 1 N–H and O–H groups in total. The van der Waals surface area contributed by atoms with Gasteiger partial charge in [-0.25, -0.2) is 0 Å². The lowest BCUT2D eigenvalue weighted by molar-refractivity contribution is -0.158. The highest BCUT2D eigenvalue weighted by molar-refractivity contribution is 5.58. The molecule has 0 bridgehead atoms. The van der Waals surface area contributed by atoms with Crippen molar-refractivity contribution in [2.24, 2.45) is 11.3 Å². The summed E-state index contributed by atoms with van der Waals surface area (Å²) < 4.78 is 16.9. The Labute approximate surface area is 132 Å². The molecule has 3 fully saturated rings. The van der Waals surface area contributed by atoms with Crippen LogP contribution in [0.15, 0.2) is 24.3 Å². The van der Waals surface area contributed by atoms with E-state index in [0.29, 0.717) is 36.7 Å². The Morgan fingerprint density at radius 2 is 2.14 bits per heavy atom. The first-order chi connectivity index (χ1) is 10.8. The molecule has 0 amide bonds. The van der Waals surface area contributed by atoms with Gasteiger partial charge in [0, 0.05) is 31.1 Å². The third kappa shape index (κ3) is 2.12. The van der Waals surface area contributed by atoms with Gasteiger partial charge in [-0.3, -0.25) is 0 Å². The molecular weight excluding hydrogens is 278 g/mol. The van der Waals surface area contributed by atoms with Crippen LogP contribution >= 0.6 is 0 Å². The molecule has 1 aromatic rings. The fourth-order valence-corrected chi connectivity index (χ4v) is 4.57. The number of para-hydroxylation sites is 2. The van der Waals surface area contributed by atoms with Gasteiger partial charge in [0.25, 0.3) is 0 Å². The van der Waals surface area contributed by atoms with Crippen molar-refractivity contribution in [1.29, 1.82) is 0 Å². The van der Waals surface area contributed by atoms with Gasteiger partial charge >= 0.3 is 0 Å². The van der Waals surface area contributed by atoms with E-state index < -0.39 is 0 Å². The van der Waals surface area contributed by atoms with Crippen LogP contribution in [0.5, 0.6) is 5.75 Å². The molecule has 1 spiro atoms. The van der Waals surface area contributed by atoms with E-state index in [1.165, 1.54) is 25.7 Å². The van der Waals surface area contributed by atoms with Crippen LogP contribution in [0.1, 0.15) is 25.7 Å². The van der Waals surface area contributed by atoms with Gasteiger partial charge in [-0.15, -0.1) is 0 Å². The maximum Gasteiger partial charge on any atom is 0.142 e. The van der Waals surface area contributed by atoms with Crippen LogP contribution < -0.4 is 10.1 Å². The third-order valence-electron chi connectivity index (χ3n) is 5.78. The fraction of sp³-hybridized carbons (Fsp3) is 0.667. The topological polar surface area (TPSA) is 39.7 Å². The smallest absolute Gasteiger partial charge is 0.142 e. The molecule has 120 valence electrons. The molecule has 3 atom stereocenters. The quantitative estimate of drug-likeness (QED) is 0.820. The van der Waals surface area contributed by atoms with Gasteiger partial charge in [-0.05, 0) is 31.4 Å². The lowest BCUT2D eigenvalue weighted by Gasteiger charge is -2.63.